The minimum Gasteiger partial charge on any atom is -0.314 e. The van der Waals surface area contributed by atoms with Crippen molar-refractivity contribution in [3.63, 3.8) is 0 Å². The molecule has 2 aliphatic rings. The van der Waals surface area contributed by atoms with Crippen LogP contribution in [0.3, 0.4) is 0 Å². The number of nitrogens with zero attached hydrogens (tertiary/aromatic N) is 1. The summed E-state index contributed by atoms with van der Waals surface area (Å²) in [7, 11) is -1.60. The Labute approximate surface area is 117 Å². The second-order valence-corrected chi connectivity index (χ2v) is 7.77. The molecular weight excluding hydrogens is 262 g/mol. The van der Waals surface area contributed by atoms with Crippen LogP contribution in [0.4, 0.5) is 0 Å². The second kappa shape index (κ2) is 6.52. The van der Waals surface area contributed by atoms with Crippen LogP contribution in [0.5, 0.6) is 0 Å². The molecule has 1 saturated heterocycles. The lowest BCUT2D eigenvalue weighted by molar-refractivity contribution is 0.277. The van der Waals surface area contributed by atoms with E-state index < -0.39 is 10.2 Å². The molecule has 1 aliphatic carbocycles. The van der Waals surface area contributed by atoms with Crippen LogP contribution in [0.15, 0.2) is 0 Å². The molecule has 5 nitrogen and oxygen atoms in total. The molecule has 0 aromatic heterocycles. The van der Waals surface area contributed by atoms with Gasteiger partial charge in [0.05, 0.1) is 0 Å². The van der Waals surface area contributed by atoms with Gasteiger partial charge in [0.15, 0.2) is 0 Å². The van der Waals surface area contributed by atoms with Gasteiger partial charge in [-0.3, -0.25) is 0 Å². The SMILES string of the molecule is CC1CC(NS(=O)(=O)N(C)C2CCCCC2)CCN1. The quantitative estimate of drug-likeness (QED) is 0.818. The highest BCUT2D eigenvalue weighted by molar-refractivity contribution is 7.87. The van der Waals surface area contributed by atoms with Gasteiger partial charge in [-0.1, -0.05) is 19.3 Å². The zero-order valence-electron chi connectivity index (χ0n) is 12.1. The van der Waals surface area contributed by atoms with E-state index in [1.807, 2.05) is 0 Å². The third-order valence-electron chi connectivity index (χ3n) is 4.41. The van der Waals surface area contributed by atoms with Gasteiger partial charge < -0.3 is 5.32 Å². The van der Waals surface area contributed by atoms with E-state index in [1.165, 1.54) is 6.42 Å². The van der Waals surface area contributed by atoms with Gasteiger partial charge in [-0.05, 0) is 39.2 Å². The summed E-state index contributed by atoms with van der Waals surface area (Å²) in [4.78, 5) is 0. The van der Waals surface area contributed by atoms with E-state index >= 15 is 0 Å². The first-order valence-electron chi connectivity index (χ1n) is 7.47. The molecule has 2 unspecified atom stereocenters. The van der Waals surface area contributed by atoms with Gasteiger partial charge in [-0.2, -0.15) is 17.4 Å². The first-order valence-corrected chi connectivity index (χ1v) is 8.92. The average Bonchev–Trinajstić information content (AvgIpc) is 2.38. The largest absolute Gasteiger partial charge is 0.314 e. The van der Waals surface area contributed by atoms with Crippen LogP contribution < -0.4 is 10.0 Å². The molecule has 0 aromatic rings. The highest BCUT2D eigenvalue weighted by Gasteiger charge is 2.30. The van der Waals surface area contributed by atoms with E-state index in [0.29, 0.717) is 6.04 Å². The summed E-state index contributed by atoms with van der Waals surface area (Å²) in [6.45, 7) is 2.99. The molecule has 2 atom stereocenters. The summed E-state index contributed by atoms with van der Waals surface area (Å²) >= 11 is 0. The predicted molar refractivity (Wildman–Crippen MR) is 77.2 cm³/mol. The van der Waals surface area contributed by atoms with Crippen molar-refractivity contribution in [2.24, 2.45) is 0 Å². The van der Waals surface area contributed by atoms with Crippen LogP contribution in [0.25, 0.3) is 0 Å². The first kappa shape index (κ1) is 15.2. The standard InChI is InChI=1S/C13H27N3O2S/c1-11-10-12(8-9-14-11)15-19(17,18)16(2)13-6-4-3-5-7-13/h11-15H,3-10H2,1-2H3. The van der Waals surface area contributed by atoms with Crippen LogP contribution in [-0.2, 0) is 10.2 Å². The van der Waals surface area contributed by atoms with Crippen LogP contribution in [-0.4, -0.2) is 44.4 Å². The van der Waals surface area contributed by atoms with Crippen molar-refractivity contribution >= 4 is 10.2 Å². The maximum Gasteiger partial charge on any atom is 0.279 e. The van der Waals surface area contributed by atoms with Crippen molar-refractivity contribution in [1.29, 1.82) is 0 Å². The Morgan fingerprint density at radius 1 is 1.16 bits per heavy atom. The third-order valence-corrected chi connectivity index (χ3v) is 6.09. The summed E-state index contributed by atoms with van der Waals surface area (Å²) in [6.07, 6.45) is 7.29. The summed E-state index contributed by atoms with van der Waals surface area (Å²) < 4.78 is 29.2. The molecule has 2 N–H and O–H groups in total. The number of nitrogens with one attached hydrogen (secondary N) is 2. The third kappa shape index (κ3) is 4.15. The van der Waals surface area contributed by atoms with Crippen LogP contribution in [0.2, 0.25) is 0 Å². The predicted octanol–water partition coefficient (Wildman–Crippen LogP) is 1.23. The van der Waals surface area contributed by atoms with Crippen molar-refractivity contribution in [2.45, 2.75) is 70.0 Å². The van der Waals surface area contributed by atoms with Gasteiger partial charge in [-0.15, -0.1) is 0 Å². The fraction of sp³-hybridized carbons (Fsp3) is 1.00. The van der Waals surface area contributed by atoms with Crippen LogP contribution in [0, 0.1) is 0 Å². The normalized spacial score (nSPS) is 30.7. The molecule has 19 heavy (non-hydrogen) atoms. The Bertz CT molecular complexity index is 379. The van der Waals surface area contributed by atoms with E-state index in [2.05, 4.69) is 17.0 Å². The fourth-order valence-corrected chi connectivity index (χ4v) is 4.58. The van der Waals surface area contributed by atoms with Gasteiger partial charge in [-0.25, -0.2) is 0 Å². The average molecular weight is 289 g/mol. The molecule has 0 radical (unpaired) electrons. The van der Waals surface area contributed by atoms with E-state index in [9.17, 15) is 8.42 Å². The maximum absolute atomic E-state index is 12.4. The molecule has 2 rings (SSSR count). The Morgan fingerprint density at radius 3 is 2.47 bits per heavy atom. The molecule has 0 spiro atoms. The van der Waals surface area contributed by atoms with Crippen molar-refractivity contribution in [1.82, 2.24) is 14.3 Å². The lowest BCUT2D eigenvalue weighted by atomic mass is 9.96. The topological polar surface area (TPSA) is 61.4 Å². The molecule has 0 amide bonds. The summed E-state index contributed by atoms with van der Waals surface area (Å²) in [6, 6.07) is 0.652. The minimum atomic E-state index is -3.33. The number of piperidine rings is 1. The van der Waals surface area contributed by atoms with Crippen LogP contribution >= 0.6 is 0 Å². The molecule has 0 aromatic carbocycles. The zero-order valence-corrected chi connectivity index (χ0v) is 12.9. The van der Waals surface area contributed by atoms with Crippen molar-refractivity contribution < 1.29 is 8.42 Å². The highest BCUT2D eigenvalue weighted by atomic mass is 32.2. The van der Waals surface area contributed by atoms with Gasteiger partial charge in [0.1, 0.15) is 0 Å². The lowest BCUT2D eigenvalue weighted by Crippen LogP contribution is -2.52. The second-order valence-electron chi connectivity index (χ2n) is 6.01. The van der Waals surface area contributed by atoms with Gasteiger partial charge in [0, 0.05) is 25.2 Å². The Hall–Kier alpha value is -0.170. The fourth-order valence-electron chi connectivity index (χ4n) is 3.17. The summed E-state index contributed by atoms with van der Waals surface area (Å²) in [5.74, 6) is 0. The summed E-state index contributed by atoms with van der Waals surface area (Å²) in [5, 5.41) is 3.34. The van der Waals surface area contributed by atoms with Crippen molar-refractivity contribution in [3.8, 4) is 0 Å². The monoisotopic (exact) mass is 289 g/mol. The molecule has 1 aliphatic heterocycles. The smallest absolute Gasteiger partial charge is 0.279 e. The van der Waals surface area contributed by atoms with Gasteiger partial charge in [0.2, 0.25) is 0 Å². The first-order chi connectivity index (χ1) is 8.99. The number of rotatable bonds is 4. The molecule has 0 bridgehead atoms. The molecule has 2 fully saturated rings. The minimum absolute atomic E-state index is 0.0762. The van der Waals surface area contributed by atoms with E-state index in [1.54, 1.807) is 11.4 Å². The Balaban J connectivity index is 1.92. The van der Waals surface area contributed by atoms with Gasteiger partial charge in [0.25, 0.3) is 10.2 Å². The Morgan fingerprint density at radius 2 is 1.84 bits per heavy atom. The van der Waals surface area contributed by atoms with E-state index in [-0.39, 0.29) is 12.1 Å². The zero-order chi connectivity index (χ0) is 13.9. The van der Waals surface area contributed by atoms with E-state index in [0.717, 1.165) is 45.1 Å². The number of hydrogen-bond acceptors (Lipinski definition) is 3. The lowest BCUT2D eigenvalue weighted by Gasteiger charge is -2.34. The molecule has 1 heterocycles. The van der Waals surface area contributed by atoms with Crippen molar-refractivity contribution in [3.05, 3.63) is 0 Å². The van der Waals surface area contributed by atoms with Crippen LogP contribution in [0.1, 0.15) is 51.9 Å². The van der Waals surface area contributed by atoms with Gasteiger partial charge >= 0.3 is 0 Å². The number of hydrogen-bond donors (Lipinski definition) is 2. The molecule has 1 saturated carbocycles. The Kier molecular flexibility index (Phi) is 5.22. The molecular formula is C13H27N3O2S. The molecule has 112 valence electrons. The highest BCUT2D eigenvalue weighted by Crippen LogP contribution is 2.23. The summed E-state index contributed by atoms with van der Waals surface area (Å²) in [5.41, 5.74) is 0. The maximum atomic E-state index is 12.4. The van der Waals surface area contributed by atoms with E-state index in [4.69, 9.17) is 0 Å². The van der Waals surface area contributed by atoms with Crippen molar-refractivity contribution in [2.75, 3.05) is 13.6 Å². The molecule has 6 heteroatoms.